The highest BCUT2D eigenvalue weighted by Gasteiger charge is 2.71. The lowest BCUT2D eigenvalue weighted by Gasteiger charge is -2.39. The predicted octanol–water partition coefficient (Wildman–Crippen LogP) is 4.53. The Hall–Kier alpha value is -2.43. The zero-order chi connectivity index (χ0) is 18.7. The number of hydrogen-bond acceptors (Lipinski definition) is 4. The molecular formula is C21H25N3O2. The largest absolute Gasteiger partial charge is 0.411 e. The maximum absolute atomic E-state index is 13.5. The number of pyridine rings is 1. The van der Waals surface area contributed by atoms with E-state index in [4.69, 9.17) is 0 Å². The van der Waals surface area contributed by atoms with E-state index in [-0.39, 0.29) is 16.7 Å². The van der Waals surface area contributed by atoms with E-state index in [9.17, 15) is 10.0 Å². The van der Waals surface area contributed by atoms with Crippen LogP contribution in [0.4, 0.5) is 5.69 Å². The summed E-state index contributed by atoms with van der Waals surface area (Å²) in [6.07, 6.45) is 2.17. The summed E-state index contributed by atoms with van der Waals surface area (Å²) in [5, 5.41) is 17.2. The number of aromatic nitrogens is 1. The van der Waals surface area contributed by atoms with Crippen LogP contribution in [0.15, 0.2) is 35.5 Å². The number of nitrogens with one attached hydrogen (secondary N) is 1. The molecule has 5 nitrogen and oxygen atoms in total. The molecule has 2 aromatic rings. The molecule has 4 rings (SSSR count). The second-order valence-corrected chi connectivity index (χ2v) is 8.55. The second-order valence-electron chi connectivity index (χ2n) is 8.55. The molecule has 0 aliphatic heterocycles. The third kappa shape index (κ3) is 1.94. The molecule has 2 N–H and O–H groups in total. The van der Waals surface area contributed by atoms with Crippen molar-refractivity contribution in [2.75, 3.05) is 5.32 Å². The van der Waals surface area contributed by atoms with Gasteiger partial charge in [0.15, 0.2) is 0 Å². The van der Waals surface area contributed by atoms with E-state index in [0.29, 0.717) is 6.42 Å². The molecule has 1 amide bonds. The van der Waals surface area contributed by atoms with Crippen LogP contribution < -0.4 is 5.32 Å². The highest BCUT2D eigenvalue weighted by atomic mass is 16.4. The van der Waals surface area contributed by atoms with Gasteiger partial charge in [-0.3, -0.25) is 9.78 Å². The molecule has 26 heavy (non-hydrogen) atoms. The molecule has 0 radical (unpaired) electrons. The topological polar surface area (TPSA) is 74.6 Å². The summed E-state index contributed by atoms with van der Waals surface area (Å²) in [4.78, 5) is 18.1. The number of fused-ring (bicyclic) bond motifs is 3. The van der Waals surface area contributed by atoms with E-state index in [1.54, 1.807) is 0 Å². The van der Waals surface area contributed by atoms with Crippen LogP contribution in [-0.4, -0.2) is 21.8 Å². The fourth-order valence-electron chi connectivity index (χ4n) is 5.12. The van der Waals surface area contributed by atoms with Crippen LogP contribution >= 0.6 is 0 Å². The first-order valence-corrected chi connectivity index (χ1v) is 9.14. The van der Waals surface area contributed by atoms with Crippen LogP contribution in [0.1, 0.15) is 45.7 Å². The lowest BCUT2D eigenvalue weighted by molar-refractivity contribution is -0.130. The van der Waals surface area contributed by atoms with Crippen molar-refractivity contribution in [3.63, 3.8) is 0 Å². The molecule has 2 unspecified atom stereocenters. The Morgan fingerprint density at radius 1 is 1.19 bits per heavy atom. The highest BCUT2D eigenvalue weighted by molar-refractivity contribution is 6.08. The minimum atomic E-state index is -0.560. The van der Waals surface area contributed by atoms with Crippen LogP contribution in [0.2, 0.25) is 0 Å². The number of carbonyl (C=O) groups is 1. The van der Waals surface area contributed by atoms with Crippen molar-refractivity contribution < 1.29 is 10.0 Å². The van der Waals surface area contributed by atoms with Gasteiger partial charge in [0.1, 0.15) is 0 Å². The van der Waals surface area contributed by atoms with Crippen molar-refractivity contribution in [3.8, 4) is 0 Å². The molecule has 2 aliphatic carbocycles. The lowest BCUT2D eigenvalue weighted by atomic mass is 9.64. The number of oxime groups is 1. The van der Waals surface area contributed by atoms with E-state index >= 15 is 0 Å². The van der Waals surface area contributed by atoms with Crippen LogP contribution in [0.25, 0.3) is 10.9 Å². The van der Waals surface area contributed by atoms with Gasteiger partial charge in [0.2, 0.25) is 5.91 Å². The van der Waals surface area contributed by atoms with E-state index < -0.39 is 5.41 Å². The number of anilines is 1. The Morgan fingerprint density at radius 2 is 1.96 bits per heavy atom. The number of aryl methyl sites for hydroxylation is 1. The van der Waals surface area contributed by atoms with Gasteiger partial charge in [0.25, 0.3) is 0 Å². The molecule has 1 aromatic carbocycles. The molecule has 2 saturated carbocycles. The smallest absolute Gasteiger partial charge is 0.231 e. The summed E-state index contributed by atoms with van der Waals surface area (Å²) in [6.45, 7) is 8.32. The first-order chi connectivity index (χ1) is 12.2. The predicted molar refractivity (Wildman–Crippen MR) is 103 cm³/mol. The van der Waals surface area contributed by atoms with Crippen molar-refractivity contribution in [3.05, 3.63) is 36.0 Å². The second kappa shape index (κ2) is 5.29. The molecule has 1 aromatic heterocycles. The zero-order valence-electron chi connectivity index (χ0n) is 15.8. The fourth-order valence-corrected chi connectivity index (χ4v) is 5.12. The number of benzene rings is 1. The summed E-state index contributed by atoms with van der Waals surface area (Å²) in [5.41, 5.74) is 2.13. The quantitative estimate of drug-likeness (QED) is 0.617. The molecule has 5 heteroatoms. The summed E-state index contributed by atoms with van der Waals surface area (Å²) in [6, 6.07) is 9.83. The van der Waals surface area contributed by atoms with E-state index in [2.05, 4.69) is 36.2 Å². The van der Waals surface area contributed by atoms with Crippen molar-refractivity contribution in [1.82, 2.24) is 4.98 Å². The van der Waals surface area contributed by atoms with Crippen molar-refractivity contribution in [2.24, 2.45) is 21.4 Å². The minimum Gasteiger partial charge on any atom is -0.411 e. The molecule has 2 bridgehead atoms. The van der Waals surface area contributed by atoms with Crippen LogP contribution in [0.3, 0.4) is 0 Å². The van der Waals surface area contributed by atoms with Gasteiger partial charge in [-0.25, -0.2) is 0 Å². The van der Waals surface area contributed by atoms with Gasteiger partial charge < -0.3 is 10.5 Å². The Kier molecular flexibility index (Phi) is 3.46. The monoisotopic (exact) mass is 351 g/mol. The van der Waals surface area contributed by atoms with Crippen LogP contribution in [0.5, 0.6) is 0 Å². The Bertz CT molecular complexity index is 949. The SMILES string of the molecule is Cc1ccc2cccc(NC(=O)C34CCC(C)(/C(=N/O)C3)C4(C)C)c2n1. The number of rotatable bonds is 2. The molecule has 2 aliphatic rings. The third-order valence-corrected chi connectivity index (χ3v) is 7.40. The van der Waals surface area contributed by atoms with Crippen molar-refractivity contribution in [2.45, 2.75) is 47.0 Å². The van der Waals surface area contributed by atoms with Crippen LogP contribution in [0, 0.1) is 23.2 Å². The highest BCUT2D eigenvalue weighted by Crippen LogP contribution is 2.71. The number of amides is 1. The third-order valence-electron chi connectivity index (χ3n) is 7.40. The zero-order valence-corrected chi connectivity index (χ0v) is 15.8. The number of hydrogen-bond donors (Lipinski definition) is 2. The molecular weight excluding hydrogens is 326 g/mol. The molecule has 0 spiro atoms. The Balaban J connectivity index is 1.75. The van der Waals surface area contributed by atoms with Gasteiger partial charge in [-0.1, -0.05) is 44.1 Å². The normalized spacial score (nSPS) is 30.8. The van der Waals surface area contributed by atoms with Crippen molar-refractivity contribution in [1.29, 1.82) is 0 Å². The fraction of sp³-hybridized carbons (Fsp3) is 0.476. The number of para-hydroxylation sites is 1. The molecule has 2 atom stereocenters. The first kappa shape index (κ1) is 17.0. The summed E-state index contributed by atoms with van der Waals surface area (Å²) >= 11 is 0. The van der Waals surface area contributed by atoms with E-state index in [1.165, 1.54) is 0 Å². The van der Waals surface area contributed by atoms with Gasteiger partial charge in [0.05, 0.1) is 22.3 Å². The average molecular weight is 351 g/mol. The van der Waals surface area contributed by atoms with Gasteiger partial charge >= 0.3 is 0 Å². The summed E-state index contributed by atoms with van der Waals surface area (Å²) < 4.78 is 0. The van der Waals surface area contributed by atoms with Gasteiger partial charge in [-0.05, 0) is 37.3 Å². The van der Waals surface area contributed by atoms with Crippen molar-refractivity contribution >= 4 is 28.2 Å². The summed E-state index contributed by atoms with van der Waals surface area (Å²) in [5.74, 6) is 0.000631. The van der Waals surface area contributed by atoms with Gasteiger partial charge in [-0.2, -0.15) is 0 Å². The Labute approximate surface area is 153 Å². The van der Waals surface area contributed by atoms with E-state index in [1.807, 2.05) is 37.3 Å². The maximum Gasteiger partial charge on any atom is 0.231 e. The lowest BCUT2D eigenvalue weighted by Crippen LogP contribution is -2.43. The maximum atomic E-state index is 13.5. The first-order valence-electron chi connectivity index (χ1n) is 9.14. The molecule has 1 heterocycles. The summed E-state index contributed by atoms with van der Waals surface area (Å²) in [7, 11) is 0. The number of nitrogens with zero attached hydrogens (tertiary/aromatic N) is 2. The van der Waals surface area contributed by atoms with Gasteiger partial charge in [-0.15, -0.1) is 0 Å². The van der Waals surface area contributed by atoms with Crippen LogP contribution in [-0.2, 0) is 4.79 Å². The molecule has 2 fully saturated rings. The van der Waals surface area contributed by atoms with Gasteiger partial charge in [0, 0.05) is 22.9 Å². The molecule has 136 valence electrons. The minimum absolute atomic E-state index is 0.000631. The van der Waals surface area contributed by atoms with E-state index in [0.717, 1.165) is 40.8 Å². The average Bonchev–Trinajstić information content (AvgIpc) is 2.92. The molecule has 0 saturated heterocycles. The standard InChI is InChI=1S/C21H25N3O2/c1-13-8-9-14-6-5-7-15(17(14)22-13)23-18(25)21-11-10-20(4,19(21,2)3)16(12-21)24-26/h5-9,26H,10-12H2,1-4H3,(H,23,25)/b24-16+. The Morgan fingerprint density at radius 3 is 2.65 bits per heavy atom. The number of carbonyl (C=O) groups excluding carboxylic acids is 1.